The minimum atomic E-state index is -0.762. The number of aromatic nitrogens is 2. The average Bonchev–Trinajstić information content (AvgIpc) is 3.42. The van der Waals surface area contributed by atoms with Gasteiger partial charge in [-0.1, -0.05) is 6.92 Å². The minimum absolute atomic E-state index is 0.0214. The lowest BCUT2D eigenvalue weighted by molar-refractivity contribution is -0.0171. The number of amides is 1. The molecule has 12 heteroatoms. The third-order valence-corrected chi connectivity index (χ3v) is 11.4. The van der Waals surface area contributed by atoms with Gasteiger partial charge in [0, 0.05) is 47.1 Å². The number of halogens is 4. The first-order valence-electron chi connectivity index (χ1n) is 14.9. The molecule has 1 amide bonds. The molecule has 2 aromatic rings. The zero-order valence-corrected chi connectivity index (χ0v) is 28.4. The van der Waals surface area contributed by atoms with Gasteiger partial charge in [-0.3, -0.25) is 9.80 Å². The predicted molar refractivity (Wildman–Crippen MR) is 169 cm³/mol. The van der Waals surface area contributed by atoms with Crippen LogP contribution in [0.2, 0.25) is 0 Å². The molecule has 230 valence electrons. The molecule has 8 nitrogen and oxygen atoms in total. The molecule has 6 rings (SSSR count). The highest BCUT2D eigenvalue weighted by Gasteiger charge is 2.46. The molecular formula is C30H39BrF2IN5O3. The van der Waals surface area contributed by atoms with Crippen molar-refractivity contribution in [3.8, 4) is 6.01 Å². The molecular weight excluding hydrogens is 723 g/mol. The molecule has 2 bridgehead atoms. The molecule has 3 atom stereocenters. The van der Waals surface area contributed by atoms with Gasteiger partial charge in [-0.25, -0.2) is 13.6 Å². The quantitative estimate of drug-likeness (QED) is 0.244. The highest BCUT2D eigenvalue weighted by atomic mass is 127. The molecule has 0 radical (unpaired) electrons. The highest BCUT2D eigenvalue weighted by molar-refractivity contribution is 14.1. The summed E-state index contributed by atoms with van der Waals surface area (Å²) >= 11 is 5.49. The zero-order valence-electron chi connectivity index (χ0n) is 24.6. The van der Waals surface area contributed by atoms with Crippen molar-refractivity contribution in [1.82, 2.24) is 19.8 Å². The Morgan fingerprint density at radius 2 is 1.86 bits per heavy atom. The number of alkyl halides is 1. The molecule has 2 unspecified atom stereocenters. The second-order valence-corrected chi connectivity index (χ2v) is 15.8. The van der Waals surface area contributed by atoms with Gasteiger partial charge < -0.3 is 14.4 Å². The van der Waals surface area contributed by atoms with Gasteiger partial charge >= 0.3 is 12.1 Å². The molecule has 4 aliphatic rings. The van der Waals surface area contributed by atoms with E-state index in [4.69, 9.17) is 14.5 Å². The zero-order chi connectivity index (χ0) is 30.0. The predicted octanol–water partition coefficient (Wildman–Crippen LogP) is 6.56. The minimum Gasteiger partial charge on any atom is -0.463 e. The van der Waals surface area contributed by atoms with Gasteiger partial charge in [0.05, 0.1) is 23.2 Å². The molecule has 4 fully saturated rings. The lowest BCUT2D eigenvalue weighted by Gasteiger charge is -2.48. The number of anilines is 1. The van der Waals surface area contributed by atoms with Gasteiger partial charge in [0.15, 0.2) is 5.82 Å². The van der Waals surface area contributed by atoms with Gasteiger partial charge in [0.25, 0.3) is 0 Å². The van der Waals surface area contributed by atoms with Gasteiger partial charge in [-0.05, 0) is 103 Å². The van der Waals surface area contributed by atoms with E-state index in [9.17, 15) is 9.18 Å². The largest absolute Gasteiger partial charge is 0.463 e. The number of likely N-dealkylation sites (tertiary alicyclic amines) is 1. The van der Waals surface area contributed by atoms with Crippen LogP contribution in [-0.4, -0.2) is 89.0 Å². The fourth-order valence-corrected chi connectivity index (χ4v) is 8.31. The Balaban J connectivity index is 1.28. The van der Waals surface area contributed by atoms with Gasteiger partial charge in [-0.15, -0.1) is 0 Å². The van der Waals surface area contributed by atoms with Crippen LogP contribution in [0.25, 0.3) is 10.9 Å². The molecule has 1 aromatic carbocycles. The van der Waals surface area contributed by atoms with Crippen LogP contribution >= 0.6 is 38.5 Å². The monoisotopic (exact) mass is 761 g/mol. The summed E-state index contributed by atoms with van der Waals surface area (Å²) in [5, 5.41) is 0.621. The lowest BCUT2D eigenvalue weighted by Crippen LogP contribution is -2.57. The maximum absolute atomic E-state index is 15.7. The summed E-state index contributed by atoms with van der Waals surface area (Å²) in [6, 6.07) is 2.01. The molecule has 0 spiro atoms. The summed E-state index contributed by atoms with van der Waals surface area (Å²) in [4.78, 5) is 28.7. The normalized spacial score (nSPS) is 29.7. The summed E-state index contributed by atoms with van der Waals surface area (Å²) in [7, 11) is 0. The van der Waals surface area contributed by atoms with Crippen molar-refractivity contribution in [2.24, 2.45) is 11.3 Å². The Morgan fingerprint density at radius 3 is 2.45 bits per heavy atom. The van der Waals surface area contributed by atoms with Gasteiger partial charge in [0.2, 0.25) is 0 Å². The number of ether oxygens (including phenoxy) is 2. The van der Waals surface area contributed by atoms with Crippen LogP contribution in [0.5, 0.6) is 6.01 Å². The fraction of sp³-hybridized carbons (Fsp3) is 0.700. The number of fused-ring (bicyclic) bond motifs is 3. The van der Waals surface area contributed by atoms with Crippen LogP contribution in [0, 0.1) is 20.7 Å². The molecule has 42 heavy (non-hydrogen) atoms. The number of carbonyl (C=O) groups is 1. The maximum atomic E-state index is 15.7. The summed E-state index contributed by atoms with van der Waals surface area (Å²) in [5.41, 5.74) is -0.451. The topological polar surface area (TPSA) is 71.0 Å². The Bertz CT molecular complexity index is 1360. The summed E-state index contributed by atoms with van der Waals surface area (Å²) < 4.78 is 42.7. The first-order chi connectivity index (χ1) is 19.8. The average molecular weight is 762 g/mol. The molecule has 1 saturated carbocycles. The van der Waals surface area contributed by atoms with Crippen molar-refractivity contribution in [2.45, 2.75) is 83.7 Å². The van der Waals surface area contributed by atoms with Crippen molar-refractivity contribution in [3.63, 3.8) is 0 Å². The Labute approximate surface area is 268 Å². The van der Waals surface area contributed by atoms with E-state index in [1.54, 1.807) is 0 Å². The van der Waals surface area contributed by atoms with E-state index in [-0.39, 0.29) is 35.1 Å². The number of piperazine rings is 1. The molecule has 1 aliphatic carbocycles. The summed E-state index contributed by atoms with van der Waals surface area (Å²) in [6.45, 7) is 11.4. The second kappa shape index (κ2) is 11.4. The van der Waals surface area contributed by atoms with E-state index in [0.29, 0.717) is 54.3 Å². The van der Waals surface area contributed by atoms with E-state index in [2.05, 4.69) is 60.2 Å². The summed E-state index contributed by atoms with van der Waals surface area (Å²) in [6.07, 6.45) is 3.28. The Morgan fingerprint density at radius 1 is 1.17 bits per heavy atom. The van der Waals surface area contributed by atoms with Gasteiger partial charge in [0.1, 0.15) is 23.1 Å². The lowest BCUT2D eigenvalue weighted by atomic mass is 9.63. The first kappa shape index (κ1) is 30.5. The highest BCUT2D eigenvalue weighted by Crippen LogP contribution is 2.47. The van der Waals surface area contributed by atoms with Gasteiger partial charge in [-0.2, -0.15) is 9.97 Å². The van der Waals surface area contributed by atoms with E-state index < -0.39 is 17.6 Å². The van der Waals surface area contributed by atoms with Crippen molar-refractivity contribution in [3.05, 3.63) is 19.9 Å². The second-order valence-electron chi connectivity index (χ2n) is 13.8. The smallest absolute Gasteiger partial charge is 0.410 e. The maximum Gasteiger partial charge on any atom is 0.410 e. The molecule has 1 aromatic heterocycles. The number of rotatable bonds is 6. The van der Waals surface area contributed by atoms with Crippen molar-refractivity contribution in [2.75, 3.05) is 44.2 Å². The molecule has 4 heterocycles. The standard InChI is InChI=1S/C30H39BrF2IN5O3/c1-17-10-30(11-17,15-37-8-7-18(32)12-37)16-41-27-35-25-21(9-22(34)23(31)24(25)33)26(36-27)38-13-19-5-6-20(14-38)39(19)28(40)42-29(2,3)4/h9,17-20H,5-8,10-16H2,1-4H3/t17?,18-,19?,20?,30?/m1/s1. The third-order valence-electron chi connectivity index (χ3n) is 9.02. The van der Waals surface area contributed by atoms with Crippen LogP contribution in [-0.2, 0) is 4.74 Å². The number of hydrogen-bond acceptors (Lipinski definition) is 7. The summed E-state index contributed by atoms with van der Waals surface area (Å²) in [5.74, 6) is 0.757. The third kappa shape index (κ3) is 6.05. The van der Waals surface area contributed by atoms with Crippen molar-refractivity contribution in [1.29, 1.82) is 0 Å². The first-order valence-corrected chi connectivity index (χ1v) is 16.8. The molecule has 3 saturated heterocycles. The number of carbonyl (C=O) groups excluding carboxylic acids is 1. The van der Waals surface area contributed by atoms with E-state index >= 15 is 4.39 Å². The van der Waals surface area contributed by atoms with E-state index in [1.165, 1.54) is 0 Å². The number of hydrogen-bond donors (Lipinski definition) is 0. The van der Waals surface area contributed by atoms with Crippen molar-refractivity contribution < 1.29 is 23.0 Å². The van der Waals surface area contributed by atoms with Crippen LogP contribution in [0.15, 0.2) is 10.5 Å². The van der Waals surface area contributed by atoms with Crippen LogP contribution in [0.4, 0.5) is 19.4 Å². The fourth-order valence-electron chi connectivity index (χ4n) is 7.46. The van der Waals surface area contributed by atoms with Crippen LogP contribution < -0.4 is 9.64 Å². The van der Waals surface area contributed by atoms with Crippen LogP contribution in [0.3, 0.4) is 0 Å². The molecule has 0 N–H and O–H groups in total. The van der Waals surface area contributed by atoms with Crippen molar-refractivity contribution >= 4 is 61.3 Å². The molecule has 3 aliphatic heterocycles. The van der Waals surface area contributed by atoms with E-state index in [0.717, 1.165) is 42.3 Å². The number of nitrogens with zero attached hydrogens (tertiary/aromatic N) is 5. The number of benzene rings is 1. The van der Waals surface area contributed by atoms with E-state index in [1.807, 2.05) is 31.7 Å². The Hall–Kier alpha value is -1.54. The van der Waals surface area contributed by atoms with Crippen LogP contribution in [0.1, 0.15) is 59.8 Å². The SMILES string of the molecule is CC1CC(COc2nc(N3CC4CCC(C3)N4C(=O)OC(C)(C)C)c3cc(I)c(Br)c(F)c3n2)(CN2CC[C@@H](F)C2)C1. The Kier molecular flexibility index (Phi) is 8.30.